The Labute approximate surface area is 371 Å². The molecular formula is C52H101NO4Si2. The number of hydrogen-bond acceptors (Lipinski definition) is 4. The van der Waals surface area contributed by atoms with E-state index in [-0.39, 0.29) is 28.7 Å². The molecule has 0 rings (SSSR count). The Hall–Kier alpha value is -1.26. The molecule has 0 aliphatic carbocycles. The molecule has 0 spiro atoms. The predicted octanol–water partition coefficient (Wildman–Crippen LogP) is 16.8. The minimum Gasteiger partial charge on any atom is -0.481 e. The van der Waals surface area contributed by atoms with Gasteiger partial charge in [0.15, 0.2) is 16.6 Å². The molecule has 0 saturated heterocycles. The highest BCUT2D eigenvalue weighted by atomic mass is 28.4. The van der Waals surface area contributed by atoms with Crippen molar-refractivity contribution >= 4 is 22.6 Å². The fourth-order valence-electron chi connectivity index (χ4n) is 6.86. The summed E-state index contributed by atoms with van der Waals surface area (Å²) in [6.07, 6.45) is 46.4. The molecule has 2 atom stereocenters. The molecule has 59 heavy (non-hydrogen) atoms. The molecule has 0 fully saturated rings. The Morgan fingerprint density at radius 1 is 0.525 bits per heavy atom. The van der Waals surface area contributed by atoms with E-state index in [2.05, 4.69) is 135 Å². The van der Waals surface area contributed by atoms with Crippen molar-refractivity contribution in [1.29, 1.82) is 0 Å². The zero-order valence-corrected chi connectivity index (χ0v) is 43.5. The van der Waals surface area contributed by atoms with Gasteiger partial charge in [-0.3, -0.25) is 9.69 Å². The van der Waals surface area contributed by atoms with E-state index in [0.29, 0.717) is 6.42 Å². The van der Waals surface area contributed by atoms with Gasteiger partial charge in [0.1, 0.15) is 0 Å². The first-order valence-electron chi connectivity index (χ1n) is 24.8. The van der Waals surface area contributed by atoms with Crippen LogP contribution in [0.2, 0.25) is 36.3 Å². The van der Waals surface area contributed by atoms with Crippen LogP contribution in [-0.4, -0.2) is 64.5 Å². The summed E-state index contributed by atoms with van der Waals surface area (Å²) in [5, 5.41) is 9.85. The van der Waals surface area contributed by atoms with Crippen molar-refractivity contribution in [3.8, 4) is 0 Å². The number of carbonyl (C=O) groups is 1. The van der Waals surface area contributed by atoms with Crippen molar-refractivity contribution in [3.63, 3.8) is 0 Å². The minimum absolute atomic E-state index is 0.130. The first kappa shape index (κ1) is 57.7. The van der Waals surface area contributed by atoms with Crippen molar-refractivity contribution in [2.24, 2.45) is 0 Å². The van der Waals surface area contributed by atoms with Gasteiger partial charge in [0, 0.05) is 19.5 Å². The molecule has 7 heteroatoms. The molecule has 0 aromatic carbocycles. The van der Waals surface area contributed by atoms with Gasteiger partial charge in [-0.1, -0.05) is 168 Å². The van der Waals surface area contributed by atoms with Gasteiger partial charge in [-0.05, 0) is 126 Å². The molecule has 1 N–H and O–H groups in total. The van der Waals surface area contributed by atoms with Crippen LogP contribution in [0.15, 0.2) is 48.6 Å². The summed E-state index contributed by atoms with van der Waals surface area (Å²) in [7, 11) is -4.03. The Morgan fingerprint density at radius 2 is 0.864 bits per heavy atom. The van der Waals surface area contributed by atoms with Gasteiger partial charge < -0.3 is 14.0 Å². The summed E-state index contributed by atoms with van der Waals surface area (Å²) in [5.41, 5.74) is 0. The normalized spacial score (nSPS) is 14.6. The van der Waals surface area contributed by atoms with E-state index in [1.807, 2.05) is 0 Å². The van der Waals surface area contributed by atoms with Crippen LogP contribution in [0.4, 0.5) is 0 Å². The van der Waals surface area contributed by atoms with Gasteiger partial charge in [0.05, 0.1) is 12.2 Å². The number of hydrogen-bond donors (Lipinski definition) is 1. The highest BCUT2D eigenvalue weighted by Gasteiger charge is 2.41. The van der Waals surface area contributed by atoms with Crippen molar-refractivity contribution in [2.75, 3.05) is 19.6 Å². The number of carboxylic acid groups (broad SMARTS) is 1. The third-order valence-corrected chi connectivity index (χ3v) is 21.8. The monoisotopic (exact) mass is 860 g/mol. The van der Waals surface area contributed by atoms with Crippen LogP contribution in [0.5, 0.6) is 0 Å². The fourth-order valence-corrected chi connectivity index (χ4v) is 9.62. The lowest BCUT2D eigenvalue weighted by molar-refractivity contribution is -0.137. The third-order valence-electron chi connectivity index (χ3n) is 12.8. The number of nitrogens with zero attached hydrogens (tertiary/aromatic N) is 1. The van der Waals surface area contributed by atoms with E-state index in [0.717, 1.165) is 58.2 Å². The highest BCUT2D eigenvalue weighted by Crippen LogP contribution is 2.39. The van der Waals surface area contributed by atoms with Crippen molar-refractivity contribution in [1.82, 2.24) is 4.90 Å². The van der Waals surface area contributed by atoms with Gasteiger partial charge >= 0.3 is 5.97 Å². The lowest BCUT2D eigenvalue weighted by Gasteiger charge is -2.42. The summed E-state index contributed by atoms with van der Waals surface area (Å²) < 4.78 is 14.4. The van der Waals surface area contributed by atoms with Crippen LogP contribution < -0.4 is 0 Å². The van der Waals surface area contributed by atoms with Gasteiger partial charge in [-0.25, -0.2) is 0 Å². The van der Waals surface area contributed by atoms with Crippen LogP contribution in [0.25, 0.3) is 0 Å². The largest absolute Gasteiger partial charge is 0.481 e. The molecule has 0 radical (unpaired) electrons. The topological polar surface area (TPSA) is 59.0 Å². The van der Waals surface area contributed by atoms with E-state index in [4.69, 9.17) is 8.85 Å². The Morgan fingerprint density at radius 3 is 1.19 bits per heavy atom. The van der Waals surface area contributed by atoms with Crippen LogP contribution in [0.3, 0.4) is 0 Å². The summed E-state index contributed by atoms with van der Waals surface area (Å²) >= 11 is 0. The Balaban J connectivity index is 5.59. The van der Waals surface area contributed by atoms with Crippen molar-refractivity contribution in [2.45, 2.75) is 258 Å². The molecule has 0 aromatic heterocycles. The second-order valence-corrected chi connectivity index (χ2v) is 30.1. The molecule has 0 aromatic rings. The average molecular weight is 861 g/mol. The van der Waals surface area contributed by atoms with Crippen LogP contribution in [0.1, 0.15) is 209 Å². The zero-order chi connectivity index (χ0) is 44.5. The molecule has 0 saturated carbocycles. The van der Waals surface area contributed by atoms with E-state index in [1.54, 1.807) is 0 Å². The lowest BCUT2D eigenvalue weighted by Crippen LogP contribution is -2.50. The number of unbranched alkanes of at least 4 members (excludes halogenated alkanes) is 14. The number of rotatable bonds is 38. The molecule has 0 aliphatic rings. The summed E-state index contributed by atoms with van der Waals surface area (Å²) in [4.78, 5) is 14.2. The number of aliphatic carboxylic acids is 1. The molecule has 0 aliphatic heterocycles. The standard InChI is InChI=1S/C52H101NO4Si2/c1-13-15-17-19-21-23-25-27-29-31-33-35-37-39-42-48(56-58(9,10)51(3,4)5)46-53(45-41-44-50(54)55)47-49(57-59(11,12)52(6,7)8)43-40-38-36-34-32-30-28-26-24-22-20-18-16-14-2/h21-24,27-30,48-49H,13-20,25-26,31-47H2,1-12H3,(H,54,55)/b23-21-,24-22-,29-27-,30-28-. The lowest BCUT2D eigenvalue weighted by atomic mass is 10.1. The van der Waals surface area contributed by atoms with E-state index >= 15 is 0 Å². The summed E-state index contributed by atoms with van der Waals surface area (Å²) in [6, 6.07) is 0. The third kappa shape index (κ3) is 32.1. The van der Waals surface area contributed by atoms with Crippen molar-refractivity contribution in [3.05, 3.63) is 48.6 Å². The molecule has 2 unspecified atom stereocenters. The SMILES string of the molecule is CCCCC/C=C\C/C=C\CCCCCCC(CN(CCCC(=O)O)CC(CCCCCC/C=C\C/C=C\CCCCC)O[Si](C)(C)C(C)(C)C)O[Si](C)(C)C(C)(C)C. The molecule has 0 bridgehead atoms. The summed E-state index contributed by atoms with van der Waals surface area (Å²) in [6.45, 7) is 30.5. The van der Waals surface area contributed by atoms with E-state index in [1.165, 1.54) is 103 Å². The first-order chi connectivity index (χ1) is 27.9. The smallest absolute Gasteiger partial charge is 0.303 e. The summed E-state index contributed by atoms with van der Waals surface area (Å²) in [5.74, 6) is -0.712. The Kier molecular flexibility index (Phi) is 33.5. The second-order valence-electron chi connectivity index (χ2n) is 20.6. The van der Waals surface area contributed by atoms with Crippen LogP contribution in [0, 0.1) is 0 Å². The van der Waals surface area contributed by atoms with Crippen molar-refractivity contribution < 1.29 is 18.8 Å². The minimum atomic E-state index is -2.02. The maximum absolute atomic E-state index is 11.7. The van der Waals surface area contributed by atoms with Gasteiger partial charge in [0.25, 0.3) is 0 Å². The molecule has 346 valence electrons. The predicted molar refractivity (Wildman–Crippen MR) is 267 cm³/mol. The average Bonchev–Trinajstić information content (AvgIpc) is 3.13. The van der Waals surface area contributed by atoms with Gasteiger partial charge in [-0.2, -0.15) is 0 Å². The number of allylic oxidation sites excluding steroid dienone is 8. The maximum Gasteiger partial charge on any atom is 0.303 e. The highest BCUT2D eigenvalue weighted by molar-refractivity contribution is 6.74. The molecule has 0 amide bonds. The van der Waals surface area contributed by atoms with Crippen LogP contribution in [-0.2, 0) is 13.6 Å². The second kappa shape index (κ2) is 34.3. The van der Waals surface area contributed by atoms with E-state index in [9.17, 15) is 9.90 Å². The van der Waals surface area contributed by atoms with Gasteiger partial charge in [-0.15, -0.1) is 0 Å². The number of carboxylic acids is 1. The van der Waals surface area contributed by atoms with Gasteiger partial charge in [0.2, 0.25) is 0 Å². The first-order valence-corrected chi connectivity index (χ1v) is 30.6. The maximum atomic E-state index is 11.7. The Bertz CT molecular complexity index is 1050. The zero-order valence-electron chi connectivity index (χ0n) is 41.5. The molecule has 5 nitrogen and oxygen atoms in total. The quantitative estimate of drug-likeness (QED) is 0.0381. The molecular weight excluding hydrogens is 759 g/mol. The van der Waals surface area contributed by atoms with E-state index < -0.39 is 22.6 Å². The fraction of sp³-hybridized carbons (Fsp3) is 0.827. The van der Waals surface area contributed by atoms with Crippen LogP contribution >= 0.6 is 0 Å². The molecule has 0 heterocycles.